The summed E-state index contributed by atoms with van der Waals surface area (Å²) in [6.07, 6.45) is 1.67. The molecule has 0 spiro atoms. The lowest BCUT2D eigenvalue weighted by Gasteiger charge is -2.03. The van der Waals surface area contributed by atoms with E-state index in [2.05, 4.69) is 0 Å². The second-order valence-corrected chi connectivity index (χ2v) is 1.30. The van der Waals surface area contributed by atoms with Gasteiger partial charge in [-0.3, -0.25) is 4.79 Å². The van der Waals surface area contributed by atoms with Gasteiger partial charge in [0.05, 0.1) is 0 Å². The number of hydrogen-bond acceptors (Lipinski definition) is 2. The molecule has 0 saturated heterocycles. The summed E-state index contributed by atoms with van der Waals surface area (Å²) in [6.45, 7) is 1.09. The van der Waals surface area contributed by atoms with Gasteiger partial charge in [0.15, 0.2) is 0 Å². The Morgan fingerprint density at radius 1 is 1.86 bits per heavy atom. The summed E-state index contributed by atoms with van der Waals surface area (Å²) in [5.74, 6) is 0. The van der Waals surface area contributed by atoms with Crippen LogP contribution in [0.3, 0.4) is 0 Å². The van der Waals surface area contributed by atoms with Gasteiger partial charge in [0.2, 0.25) is 0 Å². The first-order valence-corrected chi connectivity index (χ1v) is 2.10. The van der Waals surface area contributed by atoms with Crippen LogP contribution in [-0.2, 0) is 4.79 Å². The summed E-state index contributed by atoms with van der Waals surface area (Å²) in [4.78, 5) is 11.0. The van der Waals surface area contributed by atoms with Crippen molar-refractivity contribution in [1.29, 1.82) is 0 Å². The Bertz CT molecular complexity index is 55.7. The molecule has 0 aliphatic carbocycles. The standard InChI is InChI=1S/C4H9N2O/c1-6(4-7)3-2-5/h2-3,5H2,1H3. The molecule has 0 aliphatic rings. The molecule has 0 heterocycles. The molecule has 7 heavy (non-hydrogen) atoms. The van der Waals surface area contributed by atoms with E-state index in [0.29, 0.717) is 13.1 Å². The number of likely N-dealkylation sites (N-methyl/N-ethyl adjacent to an activating group) is 1. The van der Waals surface area contributed by atoms with Gasteiger partial charge >= 0.3 is 6.41 Å². The molecule has 1 radical (unpaired) electrons. The number of carbonyl (C=O) groups excluding carboxylic acids is 1. The minimum absolute atomic E-state index is 0.506. The molecule has 0 unspecified atom stereocenters. The van der Waals surface area contributed by atoms with E-state index in [4.69, 9.17) is 5.73 Å². The molecule has 0 aliphatic heterocycles. The fraction of sp³-hybridized carbons (Fsp3) is 0.750. The molecule has 0 saturated carbocycles. The minimum atomic E-state index is 0.506. The fourth-order valence-electron chi connectivity index (χ4n) is 0.239. The van der Waals surface area contributed by atoms with E-state index >= 15 is 0 Å². The van der Waals surface area contributed by atoms with Crippen molar-refractivity contribution >= 4 is 6.41 Å². The Labute approximate surface area is 43.1 Å². The maximum atomic E-state index is 9.64. The van der Waals surface area contributed by atoms with Crippen LogP contribution in [-0.4, -0.2) is 31.4 Å². The summed E-state index contributed by atoms with van der Waals surface area (Å²) in [6, 6.07) is 0. The summed E-state index contributed by atoms with van der Waals surface area (Å²) in [5, 5.41) is 0. The zero-order valence-electron chi connectivity index (χ0n) is 4.35. The van der Waals surface area contributed by atoms with E-state index in [1.54, 1.807) is 13.5 Å². The van der Waals surface area contributed by atoms with Crippen LogP contribution in [0.25, 0.3) is 0 Å². The van der Waals surface area contributed by atoms with Crippen molar-refractivity contribution in [3.63, 3.8) is 0 Å². The molecule has 0 aromatic rings. The van der Waals surface area contributed by atoms with E-state index in [1.165, 1.54) is 4.90 Å². The number of amides is 1. The van der Waals surface area contributed by atoms with Gasteiger partial charge in [-0.15, -0.1) is 0 Å². The van der Waals surface area contributed by atoms with Gasteiger partial charge in [-0.25, -0.2) is 0 Å². The number of nitrogens with zero attached hydrogens (tertiary/aromatic N) is 1. The Morgan fingerprint density at radius 2 is 2.43 bits per heavy atom. The van der Waals surface area contributed by atoms with E-state index in [-0.39, 0.29) is 0 Å². The zero-order valence-corrected chi connectivity index (χ0v) is 4.35. The number of nitrogens with two attached hydrogens (primary N) is 1. The van der Waals surface area contributed by atoms with Crippen LogP contribution < -0.4 is 5.73 Å². The van der Waals surface area contributed by atoms with Crippen molar-refractivity contribution in [3.05, 3.63) is 0 Å². The van der Waals surface area contributed by atoms with E-state index < -0.39 is 0 Å². The molecule has 0 bridgehead atoms. The number of rotatable bonds is 3. The van der Waals surface area contributed by atoms with Crippen molar-refractivity contribution in [2.75, 3.05) is 20.1 Å². The van der Waals surface area contributed by atoms with E-state index in [0.717, 1.165) is 0 Å². The van der Waals surface area contributed by atoms with Crippen molar-refractivity contribution in [1.82, 2.24) is 4.90 Å². The van der Waals surface area contributed by atoms with Gasteiger partial charge in [-0.2, -0.15) is 0 Å². The minimum Gasteiger partial charge on any atom is -0.336 e. The molecule has 0 aromatic carbocycles. The lowest BCUT2D eigenvalue weighted by molar-refractivity contribution is 0.441. The first-order chi connectivity index (χ1) is 3.31. The maximum Gasteiger partial charge on any atom is 0.311 e. The van der Waals surface area contributed by atoms with Crippen LogP contribution >= 0.6 is 0 Å². The van der Waals surface area contributed by atoms with Gasteiger partial charge in [0.25, 0.3) is 0 Å². The summed E-state index contributed by atoms with van der Waals surface area (Å²) in [7, 11) is 1.64. The molecule has 0 aromatic heterocycles. The predicted octanol–water partition coefficient (Wildman–Crippen LogP) is -1.06. The summed E-state index contributed by atoms with van der Waals surface area (Å²) in [5.41, 5.74) is 5.08. The number of hydrogen-bond donors (Lipinski definition) is 1. The van der Waals surface area contributed by atoms with Crippen molar-refractivity contribution in [2.45, 2.75) is 0 Å². The van der Waals surface area contributed by atoms with Gasteiger partial charge in [0.1, 0.15) is 0 Å². The van der Waals surface area contributed by atoms with Crippen LogP contribution in [0.5, 0.6) is 0 Å². The first kappa shape index (κ1) is 6.43. The molecule has 1 amide bonds. The molecule has 0 fully saturated rings. The van der Waals surface area contributed by atoms with Crippen LogP contribution in [0, 0.1) is 0 Å². The van der Waals surface area contributed by atoms with E-state index in [9.17, 15) is 4.79 Å². The van der Waals surface area contributed by atoms with Gasteiger partial charge in [-0.1, -0.05) is 0 Å². The summed E-state index contributed by atoms with van der Waals surface area (Å²) < 4.78 is 0. The summed E-state index contributed by atoms with van der Waals surface area (Å²) >= 11 is 0. The first-order valence-electron chi connectivity index (χ1n) is 2.10. The van der Waals surface area contributed by atoms with Crippen molar-refractivity contribution < 1.29 is 4.79 Å². The average molecular weight is 101 g/mol. The Balaban J connectivity index is 2.98. The van der Waals surface area contributed by atoms with Gasteiger partial charge in [-0.05, 0) is 0 Å². The normalized spacial score (nSPS) is 8.29. The van der Waals surface area contributed by atoms with Crippen LogP contribution in [0.15, 0.2) is 0 Å². The maximum absolute atomic E-state index is 9.64. The quantitative estimate of drug-likeness (QED) is 0.461. The second kappa shape index (κ2) is 3.61. The average Bonchev–Trinajstić information content (AvgIpc) is 1.68. The molecule has 3 heteroatoms. The third kappa shape index (κ3) is 3.26. The van der Waals surface area contributed by atoms with Crippen molar-refractivity contribution in [2.24, 2.45) is 5.73 Å². The third-order valence-corrected chi connectivity index (χ3v) is 0.620. The van der Waals surface area contributed by atoms with Crippen LogP contribution in [0.4, 0.5) is 0 Å². The molecule has 41 valence electrons. The molecule has 0 rings (SSSR count). The molecular weight excluding hydrogens is 92.1 g/mol. The highest BCUT2D eigenvalue weighted by molar-refractivity contribution is 5.47. The fourth-order valence-corrected chi connectivity index (χ4v) is 0.239. The monoisotopic (exact) mass is 101 g/mol. The van der Waals surface area contributed by atoms with Crippen molar-refractivity contribution in [3.8, 4) is 0 Å². The third-order valence-electron chi connectivity index (χ3n) is 0.620. The highest BCUT2D eigenvalue weighted by Crippen LogP contribution is 1.66. The van der Waals surface area contributed by atoms with Gasteiger partial charge in [0, 0.05) is 20.1 Å². The Hall–Kier alpha value is -0.570. The lowest BCUT2D eigenvalue weighted by atomic mass is 10.6. The second-order valence-electron chi connectivity index (χ2n) is 1.30. The topological polar surface area (TPSA) is 46.3 Å². The van der Waals surface area contributed by atoms with E-state index in [1.807, 2.05) is 0 Å². The predicted molar refractivity (Wildman–Crippen MR) is 27.4 cm³/mol. The SMILES string of the molecule is CN([C]=O)CCN. The lowest BCUT2D eigenvalue weighted by Crippen LogP contribution is -2.23. The Kier molecular flexibility index (Phi) is 3.32. The molecule has 3 nitrogen and oxygen atoms in total. The Morgan fingerprint density at radius 3 is 2.57 bits per heavy atom. The largest absolute Gasteiger partial charge is 0.336 e. The zero-order chi connectivity index (χ0) is 5.70. The van der Waals surface area contributed by atoms with Crippen LogP contribution in [0.2, 0.25) is 0 Å². The molecule has 0 atom stereocenters. The molecule has 2 N–H and O–H groups in total. The highest BCUT2D eigenvalue weighted by Gasteiger charge is 1.87. The molecular formula is C4H9N2O. The van der Waals surface area contributed by atoms with Crippen LogP contribution in [0.1, 0.15) is 0 Å². The highest BCUT2D eigenvalue weighted by atomic mass is 16.1. The smallest absolute Gasteiger partial charge is 0.311 e. The van der Waals surface area contributed by atoms with Gasteiger partial charge < -0.3 is 10.6 Å².